The van der Waals surface area contributed by atoms with Gasteiger partial charge < -0.3 is 8.97 Å². The highest BCUT2D eigenvalue weighted by atomic mass is 32.2. The second-order valence-electron chi connectivity index (χ2n) is 6.30. The Hall–Kier alpha value is -2.70. The van der Waals surface area contributed by atoms with Crippen molar-refractivity contribution in [1.29, 1.82) is 0 Å². The Morgan fingerprint density at radius 3 is 2.11 bits per heavy atom. The standard InChI is InChI=1S/C14H14NO.C7H8O3S/c1-3-15-10(2)16-14-9-12-7-5-4-6-11(12)8-13(14)15;1-6-2-4-7(5-3-6)11(8,9)10/h4-9H,3H2,1-2H3;2-5H,1H3,(H,8,9,10)/q+1;/p-1. The molecule has 0 aliphatic heterocycles. The number of hydrogen-bond acceptors (Lipinski definition) is 4. The first kappa shape index (κ1) is 19.1. The summed E-state index contributed by atoms with van der Waals surface area (Å²) in [5, 5.41) is 2.49. The first-order valence-electron chi connectivity index (χ1n) is 8.64. The number of aryl methyl sites for hydroxylation is 3. The topological polar surface area (TPSA) is 74.2 Å². The minimum atomic E-state index is -4.27. The Balaban J connectivity index is 0.000000168. The highest BCUT2D eigenvalue weighted by Gasteiger charge is 2.17. The van der Waals surface area contributed by atoms with Gasteiger partial charge in [-0.3, -0.25) is 0 Å². The second-order valence-corrected chi connectivity index (χ2v) is 7.68. The van der Waals surface area contributed by atoms with E-state index in [9.17, 15) is 13.0 Å². The second kappa shape index (κ2) is 7.50. The van der Waals surface area contributed by atoms with Crippen LogP contribution in [0.5, 0.6) is 0 Å². The van der Waals surface area contributed by atoms with Crippen LogP contribution in [0.2, 0.25) is 0 Å². The van der Waals surface area contributed by atoms with E-state index in [-0.39, 0.29) is 4.90 Å². The lowest BCUT2D eigenvalue weighted by atomic mass is 10.1. The van der Waals surface area contributed by atoms with Crippen molar-refractivity contribution in [1.82, 2.24) is 0 Å². The highest BCUT2D eigenvalue weighted by molar-refractivity contribution is 7.85. The van der Waals surface area contributed by atoms with E-state index < -0.39 is 10.1 Å². The summed E-state index contributed by atoms with van der Waals surface area (Å²) in [5.41, 5.74) is 3.08. The van der Waals surface area contributed by atoms with Gasteiger partial charge in [-0.25, -0.2) is 8.42 Å². The molecule has 0 aliphatic carbocycles. The van der Waals surface area contributed by atoms with Crippen LogP contribution in [0.1, 0.15) is 18.4 Å². The molecule has 4 rings (SSSR count). The molecule has 0 radical (unpaired) electrons. The zero-order chi connectivity index (χ0) is 19.6. The number of benzene rings is 3. The van der Waals surface area contributed by atoms with E-state index >= 15 is 0 Å². The lowest BCUT2D eigenvalue weighted by molar-refractivity contribution is -0.679. The molecule has 0 bridgehead atoms. The smallest absolute Gasteiger partial charge is 0.344 e. The predicted molar refractivity (Wildman–Crippen MR) is 103 cm³/mol. The van der Waals surface area contributed by atoms with Gasteiger partial charge in [-0.2, -0.15) is 4.57 Å². The minimum absolute atomic E-state index is 0.178. The molecule has 1 aromatic heterocycles. The monoisotopic (exact) mass is 383 g/mol. The zero-order valence-corrected chi connectivity index (χ0v) is 16.3. The number of nitrogens with zero attached hydrogens (tertiary/aromatic N) is 1. The van der Waals surface area contributed by atoms with E-state index in [1.54, 1.807) is 12.1 Å². The molecular weight excluding hydrogens is 362 g/mol. The summed E-state index contributed by atoms with van der Waals surface area (Å²) >= 11 is 0. The zero-order valence-electron chi connectivity index (χ0n) is 15.5. The van der Waals surface area contributed by atoms with Crippen LogP contribution in [0.25, 0.3) is 21.9 Å². The number of hydrogen-bond donors (Lipinski definition) is 0. The Morgan fingerprint density at radius 2 is 1.56 bits per heavy atom. The van der Waals surface area contributed by atoms with Gasteiger partial charge in [0.15, 0.2) is 0 Å². The van der Waals surface area contributed by atoms with Crippen LogP contribution < -0.4 is 4.57 Å². The molecule has 5 nitrogen and oxygen atoms in total. The first-order valence-corrected chi connectivity index (χ1v) is 10.0. The largest absolute Gasteiger partial charge is 0.744 e. The van der Waals surface area contributed by atoms with Crippen LogP contribution in [-0.2, 0) is 16.7 Å². The fourth-order valence-electron chi connectivity index (χ4n) is 2.98. The van der Waals surface area contributed by atoms with Gasteiger partial charge in [-0.05, 0) is 42.8 Å². The molecule has 0 saturated carbocycles. The van der Waals surface area contributed by atoms with Crippen molar-refractivity contribution >= 4 is 32.0 Å². The third-order valence-electron chi connectivity index (χ3n) is 4.38. The van der Waals surface area contributed by atoms with Crippen LogP contribution >= 0.6 is 0 Å². The van der Waals surface area contributed by atoms with Crippen LogP contribution in [0, 0.1) is 13.8 Å². The van der Waals surface area contributed by atoms with Crippen molar-refractivity contribution in [3.63, 3.8) is 0 Å². The van der Waals surface area contributed by atoms with Crippen LogP contribution in [0.3, 0.4) is 0 Å². The van der Waals surface area contributed by atoms with Gasteiger partial charge in [0.05, 0.1) is 11.8 Å². The summed E-state index contributed by atoms with van der Waals surface area (Å²) in [6.07, 6.45) is 0. The minimum Gasteiger partial charge on any atom is -0.744 e. The Bertz CT molecular complexity index is 1190. The first-order chi connectivity index (χ1) is 12.8. The van der Waals surface area contributed by atoms with E-state index in [0.717, 1.165) is 23.6 Å². The average molecular weight is 383 g/mol. The average Bonchev–Trinajstić information content (AvgIpc) is 2.93. The SMILES string of the molecule is CC[n+]1c(C)oc2cc3ccccc3cc21.Cc1ccc(S(=O)(=O)[O-])cc1. The van der Waals surface area contributed by atoms with Gasteiger partial charge in [-0.1, -0.05) is 42.0 Å². The van der Waals surface area contributed by atoms with Crippen LogP contribution in [0.4, 0.5) is 0 Å². The summed E-state index contributed by atoms with van der Waals surface area (Å²) < 4.78 is 39.1. The molecule has 0 N–H and O–H groups in total. The van der Waals surface area contributed by atoms with E-state index in [0.29, 0.717) is 0 Å². The van der Waals surface area contributed by atoms with Gasteiger partial charge in [0.1, 0.15) is 16.7 Å². The highest BCUT2D eigenvalue weighted by Crippen LogP contribution is 2.22. The van der Waals surface area contributed by atoms with Crippen LogP contribution in [-0.4, -0.2) is 13.0 Å². The number of oxazole rings is 1. The van der Waals surface area contributed by atoms with Crippen LogP contribution in [0.15, 0.2) is 70.0 Å². The predicted octanol–water partition coefficient (Wildman–Crippen LogP) is 4.10. The molecule has 0 fully saturated rings. The van der Waals surface area contributed by atoms with Crippen molar-refractivity contribution in [2.45, 2.75) is 32.2 Å². The van der Waals surface area contributed by atoms with Crippen molar-refractivity contribution in [2.75, 3.05) is 0 Å². The van der Waals surface area contributed by atoms with Crippen molar-refractivity contribution in [3.8, 4) is 0 Å². The fourth-order valence-corrected chi connectivity index (χ4v) is 3.45. The van der Waals surface area contributed by atoms with E-state index in [1.807, 2.05) is 13.8 Å². The molecule has 0 amide bonds. The molecule has 6 heteroatoms. The maximum Gasteiger partial charge on any atom is 0.344 e. The summed E-state index contributed by atoms with van der Waals surface area (Å²) in [6.45, 7) is 6.91. The van der Waals surface area contributed by atoms with Gasteiger partial charge in [-0.15, -0.1) is 0 Å². The van der Waals surface area contributed by atoms with Gasteiger partial charge in [0.2, 0.25) is 5.58 Å². The molecule has 140 valence electrons. The van der Waals surface area contributed by atoms with Gasteiger partial charge >= 0.3 is 5.89 Å². The molecule has 0 spiro atoms. The molecule has 0 atom stereocenters. The molecule has 27 heavy (non-hydrogen) atoms. The quantitative estimate of drug-likeness (QED) is 0.386. The normalized spacial score (nSPS) is 11.4. The Morgan fingerprint density at radius 1 is 0.963 bits per heavy atom. The molecule has 0 unspecified atom stereocenters. The third kappa shape index (κ3) is 4.18. The van der Waals surface area contributed by atoms with Crippen molar-refractivity contribution in [2.24, 2.45) is 0 Å². The van der Waals surface area contributed by atoms with E-state index in [2.05, 4.69) is 47.9 Å². The van der Waals surface area contributed by atoms with Gasteiger partial charge in [0.25, 0.3) is 5.52 Å². The van der Waals surface area contributed by atoms with Gasteiger partial charge in [0, 0.05) is 6.07 Å². The maximum atomic E-state index is 10.4. The van der Waals surface area contributed by atoms with Crippen molar-refractivity contribution in [3.05, 3.63) is 72.1 Å². The Kier molecular flexibility index (Phi) is 5.30. The summed E-state index contributed by atoms with van der Waals surface area (Å²) in [6, 6.07) is 18.5. The lowest BCUT2D eigenvalue weighted by Crippen LogP contribution is -2.33. The fraction of sp³-hybridized carbons (Fsp3) is 0.190. The lowest BCUT2D eigenvalue weighted by Gasteiger charge is -2.05. The number of rotatable bonds is 2. The van der Waals surface area contributed by atoms with Crippen molar-refractivity contribution < 1.29 is 22.0 Å². The summed E-state index contributed by atoms with van der Waals surface area (Å²) in [4.78, 5) is -0.178. The Labute approximate surface area is 158 Å². The summed E-state index contributed by atoms with van der Waals surface area (Å²) in [5.74, 6) is 0.966. The third-order valence-corrected chi connectivity index (χ3v) is 5.23. The molecule has 1 heterocycles. The number of aromatic nitrogens is 1. The molecule has 3 aromatic carbocycles. The number of fused-ring (bicyclic) bond motifs is 2. The van der Waals surface area contributed by atoms with E-state index in [1.165, 1.54) is 28.4 Å². The molecule has 4 aromatic rings. The van der Waals surface area contributed by atoms with E-state index in [4.69, 9.17) is 4.42 Å². The maximum absolute atomic E-state index is 10.4. The summed E-state index contributed by atoms with van der Waals surface area (Å²) in [7, 11) is -4.27. The molecule has 0 saturated heterocycles. The molecular formula is C21H21NO4S. The molecule has 0 aliphatic rings.